The Morgan fingerprint density at radius 1 is 1.37 bits per heavy atom. The van der Waals surface area contributed by atoms with Gasteiger partial charge in [-0.1, -0.05) is 0 Å². The fourth-order valence-corrected chi connectivity index (χ4v) is 2.56. The van der Waals surface area contributed by atoms with E-state index in [-0.39, 0.29) is 23.8 Å². The second-order valence-corrected chi connectivity index (χ2v) is 5.13. The van der Waals surface area contributed by atoms with Crippen LogP contribution in [0.2, 0.25) is 0 Å². The molecule has 0 radical (unpaired) electrons. The smallest absolute Gasteiger partial charge is 0.251 e. The van der Waals surface area contributed by atoms with Crippen LogP contribution in [0.5, 0.6) is 0 Å². The number of carbonyl (C=O) groups is 1. The lowest BCUT2D eigenvalue weighted by Crippen LogP contribution is -2.36. The number of nitrogens with two attached hydrogens (primary N) is 1. The zero-order chi connectivity index (χ0) is 14.0. The van der Waals surface area contributed by atoms with Crippen LogP contribution >= 0.6 is 0 Å². The van der Waals surface area contributed by atoms with E-state index >= 15 is 0 Å². The predicted octanol–water partition coefficient (Wildman–Crippen LogP) is 2.29. The molecule has 2 rings (SSSR count). The highest BCUT2D eigenvalue weighted by molar-refractivity contribution is 5.94. The summed E-state index contributed by atoms with van der Waals surface area (Å²) >= 11 is 0. The van der Waals surface area contributed by atoms with Gasteiger partial charge in [0.05, 0.1) is 17.8 Å². The monoisotopic (exact) mass is 266 g/mol. The van der Waals surface area contributed by atoms with Gasteiger partial charge in [0.15, 0.2) is 0 Å². The third-order valence-corrected chi connectivity index (χ3v) is 3.30. The number of primary amides is 1. The van der Waals surface area contributed by atoms with E-state index < -0.39 is 11.7 Å². The molecule has 1 saturated heterocycles. The van der Waals surface area contributed by atoms with Gasteiger partial charge in [-0.3, -0.25) is 4.79 Å². The first-order valence-corrected chi connectivity index (χ1v) is 6.47. The van der Waals surface area contributed by atoms with Crippen molar-refractivity contribution < 1.29 is 13.9 Å². The van der Waals surface area contributed by atoms with E-state index in [1.54, 1.807) is 6.07 Å². The fraction of sp³-hybridized carbons (Fsp3) is 0.500. The van der Waals surface area contributed by atoms with Gasteiger partial charge in [0.2, 0.25) is 0 Å². The van der Waals surface area contributed by atoms with Crippen molar-refractivity contribution in [2.45, 2.75) is 44.9 Å². The summed E-state index contributed by atoms with van der Waals surface area (Å²) in [5, 5.41) is 3.31. The first-order valence-electron chi connectivity index (χ1n) is 6.47. The lowest BCUT2D eigenvalue weighted by molar-refractivity contribution is -0.0337. The number of ether oxygens (including phenoxy) is 1. The van der Waals surface area contributed by atoms with Gasteiger partial charge in [-0.2, -0.15) is 0 Å². The number of halogens is 1. The Hall–Kier alpha value is -1.62. The van der Waals surface area contributed by atoms with Crippen molar-refractivity contribution >= 4 is 11.6 Å². The molecule has 1 aromatic carbocycles. The molecule has 1 aliphatic heterocycles. The summed E-state index contributed by atoms with van der Waals surface area (Å²) in [5.41, 5.74) is 5.76. The molecule has 19 heavy (non-hydrogen) atoms. The van der Waals surface area contributed by atoms with Crippen molar-refractivity contribution in [1.82, 2.24) is 0 Å². The quantitative estimate of drug-likeness (QED) is 0.882. The number of anilines is 1. The van der Waals surface area contributed by atoms with E-state index in [2.05, 4.69) is 5.32 Å². The Labute approximate surface area is 112 Å². The Morgan fingerprint density at radius 3 is 2.58 bits per heavy atom. The topological polar surface area (TPSA) is 64.3 Å². The number of nitrogens with one attached hydrogen (secondary N) is 1. The molecule has 0 saturated carbocycles. The highest BCUT2D eigenvalue weighted by Gasteiger charge is 2.24. The standard InChI is InChI=1S/C14H19FN2O2/c1-8-5-11(6-9(2)19-8)17-10-3-4-13(15)12(7-10)14(16)18/h3-4,7-9,11,17H,5-6H2,1-2H3,(H2,16,18). The lowest BCUT2D eigenvalue weighted by Gasteiger charge is -2.33. The summed E-state index contributed by atoms with van der Waals surface area (Å²) in [6.07, 6.45) is 2.15. The van der Waals surface area contributed by atoms with Crippen LogP contribution in [0.25, 0.3) is 0 Å². The highest BCUT2D eigenvalue weighted by Crippen LogP contribution is 2.23. The molecule has 2 unspecified atom stereocenters. The average Bonchev–Trinajstić information content (AvgIpc) is 2.30. The van der Waals surface area contributed by atoms with Gasteiger partial charge in [0.1, 0.15) is 5.82 Å². The minimum atomic E-state index is -0.755. The minimum absolute atomic E-state index is 0.0850. The van der Waals surface area contributed by atoms with Gasteiger partial charge >= 0.3 is 0 Å². The van der Waals surface area contributed by atoms with Gasteiger partial charge in [0.25, 0.3) is 5.91 Å². The SMILES string of the molecule is CC1CC(Nc2ccc(F)c(C(N)=O)c2)CC(C)O1. The van der Waals surface area contributed by atoms with Crippen molar-refractivity contribution in [3.63, 3.8) is 0 Å². The molecule has 1 fully saturated rings. The number of carbonyl (C=O) groups excluding carboxylic acids is 1. The number of hydrogen-bond donors (Lipinski definition) is 2. The van der Waals surface area contributed by atoms with E-state index in [9.17, 15) is 9.18 Å². The number of benzene rings is 1. The van der Waals surface area contributed by atoms with E-state index in [0.29, 0.717) is 5.69 Å². The van der Waals surface area contributed by atoms with Crippen molar-refractivity contribution in [3.8, 4) is 0 Å². The maximum Gasteiger partial charge on any atom is 0.251 e. The largest absolute Gasteiger partial charge is 0.382 e. The molecule has 1 aliphatic rings. The maximum atomic E-state index is 13.4. The summed E-state index contributed by atoms with van der Waals surface area (Å²) in [4.78, 5) is 11.1. The number of hydrogen-bond acceptors (Lipinski definition) is 3. The zero-order valence-electron chi connectivity index (χ0n) is 11.2. The molecule has 5 heteroatoms. The summed E-state index contributed by atoms with van der Waals surface area (Å²) in [6.45, 7) is 4.06. The van der Waals surface area contributed by atoms with E-state index in [1.165, 1.54) is 12.1 Å². The number of rotatable bonds is 3. The van der Waals surface area contributed by atoms with Gasteiger partial charge in [-0.15, -0.1) is 0 Å². The van der Waals surface area contributed by atoms with Gasteiger partial charge in [0, 0.05) is 11.7 Å². The van der Waals surface area contributed by atoms with Crippen LogP contribution in [0, 0.1) is 5.82 Å². The van der Waals surface area contributed by atoms with Crippen LogP contribution in [-0.2, 0) is 4.74 Å². The Balaban J connectivity index is 2.10. The van der Waals surface area contributed by atoms with Crippen molar-refractivity contribution in [2.75, 3.05) is 5.32 Å². The van der Waals surface area contributed by atoms with Crippen LogP contribution in [0.4, 0.5) is 10.1 Å². The highest BCUT2D eigenvalue weighted by atomic mass is 19.1. The summed E-state index contributed by atoms with van der Waals surface area (Å²) in [6, 6.07) is 4.59. The lowest BCUT2D eigenvalue weighted by atomic mass is 9.99. The van der Waals surface area contributed by atoms with Gasteiger partial charge in [-0.25, -0.2) is 4.39 Å². The molecule has 1 heterocycles. The summed E-state index contributed by atoms with van der Waals surface area (Å²) < 4.78 is 19.0. The molecule has 104 valence electrons. The molecule has 1 aromatic rings. The zero-order valence-corrected chi connectivity index (χ0v) is 11.2. The molecule has 4 nitrogen and oxygen atoms in total. The molecule has 0 spiro atoms. The minimum Gasteiger partial charge on any atom is -0.382 e. The van der Waals surface area contributed by atoms with Crippen molar-refractivity contribution in [3.05, 3.63) is 29.6 Å². The van der Waals surface area contributed by atoms with Crippen LogP contribution in [0.3, 0.4) is 0 Å². The predicted molar refractivity (Wildman–Crippen MR) is 71.6 cm³/mol. The Bertz CT molecular complexity index is 469. The van der Waals surface area contributed by atoms with E-state index in [1.807, 2.05) is 13.8 Å². The summed E-state index contributed by atoms with van der Waals surface area (Å²) in [7, 11) is 0. The molecule has 0 aliphatic carbocycles. The van der Waals surface area contributed by atoms with Gasteiger partial charge in [-0.05, 0) is 44.9 Å². The Morgan fingerprint density at radius 2 is 2.00 bits per heavy atom. The normalized spacial score (nSPS) is 27.0. The average molecular weight is 266 g/mol. The van der Waals surface area contributed by atoms with Crippen LogP contribution in [0.1, 0.15) is 37.0 Å². The van der Waals surface area contributed by atoms with E-state index in [0.717, 1.165) is 12.8 Å². The molecular weight excluding hydrogens is 247 g/mol. The number of amides is 1. The molecule has 3 N–H and O–H groups in total. The van der Waals surface area contributed by atoms with Crippen molar-refractivity contribution in [2.24, 2.45) is 5.73 Å². The molecule has 0 bridgehead atoms. The first kappa shape index (κ1) is 13.8. The molecule has 2 atom stereocenters. The fourth-order valence-electron chi connectivity index (χ4n) is 2.56. The first-order chi connectivity index (χ1) is 8.95. The third kappa shape index (κ3) is 3.44. The van der Waals surface area contributed by atoms with E-state index in [4.69, 9.17) is 10.5 Å². The Kier molecular flexibility index (Phi) is 4.04. The second-order valence-electron chi connectivity index (χ2n) is 5.13. The third-order valence-electron chi connectivity index (χ3n) is 3.30. The van der Waals surface area contributed by atoms with Crippen LogP contribution in [0.15, 0.2) is 18.2 Å². The van der Waals surface area contributed by atoms with Crippen molar-refractivity contribution in [1.29, 1.82) is 0 Å². The van der Waals surface area contributed by atoms with Gasteiger partial charge < -0.3 is 15.8 Å². The summed E-state index contributed by atoms with van der Waals surface area (Å²) in [5.74, 6) is -1.35. The molecule has 0 aromatic heterocycles. The van der Waals surface area contributed by atoms with Crippen LogP contribution in [-0.4, -0.2) is 24.2 Å². The molecule has 1 amide bonds. The molecular formula is C14H19FN2O2. The van der Waals surface area contributed by atoms with Crippen LogP contribution < -0.4 is 11.1 Å². The maximum absolute atomic E-state index is 13.4. The second kappa shape index (κ2) is 5.57.